The number of carbonyl (C=O) groups excluding carboxylic acids is 2. The van der Waals surface area contributed by atoms with Gasteiger partial charge in [-0.1, -0.05) is 12.1 Å². The summed E-state index contributed by atoms with van der Waals surface area (Å²) in [4.78, 5) is 28.1. The number of hydrogen-bond donors (Lipinski definition) is 1. The molecule has 1 aliphatic heterocycles. The van der Waals surface area contributed by atoms with Gasteiger partial charge in [0.2, 0.25) is 5.91 Å². The van der Waals surface area contributed by atoms with E-state index in [1.54, 1.807) is 0 Å². The van der Waals surface area contributed by atoms with Gasteiger partial charge in [0.05, 0.1) is 6.54 Å². The van der Waals surface area contributed by atoms with E-state index in [4.69, 9.17) is 4.74 Å². The molecule has 1 N–H and O–H groups in total. The van der Waals surface area contributed by atoms with Crippen LogP contribution in [-0.2, 0) is 9.59 Å². The van der Waals surface area contributed by atoms with Crippen LogP contribution in [0.15, 0.2) is 18.2 Å². The highest BCUT2D eigenvalue weighted by molar-refractivity contribution is 5.79. The maximum absolute atomic E-state index is 12.4. The fraction of sp³-hybridized carbons (Fsp3) is 0.579. The highest BCUT2D eigenvalue weighted by Crippen LogP contribution is 2.19. The van der Waals surface area contributed by atoms with Crippen LogP contribution in [0.25, 0.3) is 0 Å². The summed E-state index contributed by atoms with van der Waals surface area (Å²) in [6.45, 7) is 7.22. The first-order valence-corrected chi connectivity index (χ1v) is 9.01. The molecule has 136 valence electrons. The third-order valence-electron chi connectivity index (χ3n) is 4.73. The average Bonchev–Trinajstić information content (AvgIpc) is 3.40. The van der Waals surface area contributed by atoms with Crippen molar-refractivity contribution in [3.8, 4) is 5.75 Å². The minimum absolute atomic E-state index is 0.00277. The van der Waals surface area contributed by atoms with Crippen LogP contribution in [0.3, 0.4) is 0 Å². The Morgan fingerprint density at radius 2 is 1.88 bits per heavy atom. The van der Waals surface area contributed by atoms with E-state index in [0.717, 1.165) is 42.8 Å². The third kappa shape index (κ3) is 5.19. The van der Waals surface area contributed by atoms with Crippen molar-refractivity contribution in [1.29, 1.82) is 0 Å². The first-order chi connectivity index (χ1) is 12.0. The molecule has 1 saturated heterocycles. The maximum Gasteiger partial charge on any atom is 0.260 e. The number of amides is 2. The molecule has 0 unspecified atom stereocenters. The highest BCUT2D eigenvalue weighted by Gasteiger charge is 2.26. The average molecular weight is 345 g/mol. The van der Waals surface area contributed by atoms with Gasteiger partial charge in [-0.15, -0.1) is 0 Å². The second-order valence-electron chi connectivity index (χ2n) is 7.06. The highest BCUT2D eigenvalue weighted by atomic mass is 16.5. The quantitative estimate of drug-likeness (QED) is 0.839. The molecule has 0 bridgehead atoms. The van der Waals surface area contributed by atoms with Crippen molar-refractivity contribution < 1.29 is 14.3 Å². The smallest absolute Gasteiger partial charge is 0.260 e. The topological polar surface area (TPSA) is 61.9 Å². The van der Waals surface area contributed by atoms with E-state index < -0.39 is 0 Å². The fourth-order valence-corrected chi connectivity index (χ4v) is 2.95. The van der Waals surface area contributed by atoms with Crippen LogP contribution >= 0.6 is 0 Å². The van der Waals surface area contributed by atoms with Gasteiger partial charge in [0.15, 0.2) is 6.61 Å². The van der Waals surface area contributed by atoms with E-state index in [1.807, 2.05) is 36.9 Å². The van der Waals surface area contributed by atoms with Gasteiger partial charge in [-0.25, -0.2) is 0 Å². The maximum atomic E-state index is 12.4. The Labute approximate surface area is 149 Å². The molecule has 1 aliphatic carbocycles. The van der Waals surface area contributed by atoms with Crippen LogP contribution in [0.4, 0.5) is 0 Å². The lowest BCUT2D eigenvalue weighted by molar-refractivity contribution is -0.135. The number of carbonyl (C=O) groups is 2. The van der Waals surface area contributed by atoms with Crippen molar-refractivity contribution in [2.75, 3.05) is 39.3 Å². The lowest BCUT2D eigenvalue weighted by atomic mass is 10.1. The van der Waals surface area contributed by atoms with Gasteiger partial charge >= 0.3 is 0 Å². The third-order valence-corrected chi connectivity index (χ3v) is 4.73. The van der Waals surface area contributed by atoms with Crippen LogP contribution in [0.2, 0.25) is 0 Å². The molecule has 25 heavy (non-hydrogen) atoms. The summed E-state index contributed by atoms with van der Waals surface area (Å²) in [6.07, 6.45) is 2.21. The molecule has 6 heteroatoms. The van der Waals surface area contributed by atoms with Gasteiger partial charge in [-0.2, -0.15) is 0 Å². The Kier molecular flexibility index (Phi) is 5.58. The number of ether oxygens (including phenoxy) is 1. The standard InChI is InChI=1S/C19H27N3O3/c1-14-3-4-15(2)17(11-14)25-13-19(24)22-9-7-21(8-10-22)12-18(23)20-16-5-6-16/h3-4,11,16H,5-10,12-13H2,1-2H3,(H,20,23). The minimum Gasteiger partial charge on any atom is -0.483 e. The summed E-state index contributed by atoms with van der Waals surface area (Å²) in [6, 6.07) is 6.39. The van der Waals surface area contributed by atoms with E-state index in [1.165, 1.54) is 0 Å². The molecular weight excluding hydrogens is 318 g/mol. The first-order valence-electron chi connectivity index (χ1n) is 9.01. The molecule has 1 heterocycles. The molecular formula is C19H27N3O3. The lowest BCUT2D eigenvalue weighted by Crippen LogP contribution is -2.52. The molecule has 6 nitrogen and oxygen atoms in total. The predicted molar refractivity (Wildman–Crippen MR) is 95.6 cm³/mol. The lowest BCUT2D eigenvalue weighted by Gasteiger charge is -2.34. The number of nitrogens with one attached hydrogen (secondary N) is 1. The number of hydrogen-bond acceptors (Lipinski definition) is 4. The van der Waals surface area contributed by atoms with Gasteiger partial charge in [-0.3, -0.25) is 14.5 Å². The molecule has 0 aromatic heterocycles. The Bertz CT molecular complexity index is 635. The predicted octanol–water partition coefficient (Wildman–Crippen LogP) is 1.11. The number of aryl methyl sites for hydroxylation is 2. The van der Waals surface area contributed by atoms with Crippen molar-refractivity contribution in [1.82, 2.24) is 15.1 Å². The van der Waals surface area contributed by atoms with Crippen LogP contribution in [0.1, 0.15) is 24.0 Å². The number of nitrogens with zero attached hydrogens (tertiary/aromatic N) is 2. The largest absolute Gasteiger partial charge is 0.483 e. The zero-order valence-corrected chi connectivity index (χ0v) is 15.1. The first kappa shape index (κ1) is 17.7. The summed E-state index contributed by atoms with van der Waals surface area (Å²) in [5.41, 5.74) is 2.15. The Morgan fingerprint density at radius 3 is 2.56 bits per heavy atom. The number of rotatable bonds is 6. The summed E-state index contributed by atoms with van der Waals surface area (Å²) in [7, 11) is 0. The number of piperazine rings is 1. The van der Waals surface area contributed by atoms with Crippen molar-refractivity contribution in [3.63, 3.8) is 0 Å². The zero-order valence-electron chi connectivity index (χ0n) is 15.1. The van der Waals surface area contributed by atoms with Gasteiger partial charge in [0.1, 0.15) is 5.75 Å². The van der Waals surface area contributed by atoms with Crippen molar-refractivity contribution in [3.05, 3.63) is 29.3 Å². The molecule has 1 saturated carbocycles. The summed E-state index contributed by atoms with van der Waals surface area (Å²) < 4.78 is 5.71. The molecule has 2 fully saturated rings. The Balaban J connectivity index is 1.40. The minimum atomic E-state index is 0.00277. The van der Waals surface area contributed by atoms with E-state index in [-0.39, 0.29) is 18.4 Å². The van der Waals surface area contributed by atoms with Gasteiger partial charge in [-0.05, 0) is 43.9 Å². The van der Waals surface area contributed by atoms with E-state index in [9.17, 15) is 9.59 Å². The van der Waals surface area contributed by atoms with Crippen LogP contribution in [0.5, 0.6) is 5.75 Å². The van der Waals surface area contributed by atoms with E-state index in [2.05, 4.69) is 10.2 Å². The SMILES string of the molecule is Cc1ccc(C)c(OCC(=O)N2CCN(CC(=O)NC3CC3)CC2)c1. The van der Waals surface area contributed by atoms with E-state index in [0.29, 0.717) is 25.7 Å². The van der Waals surface area contributed by atoms with Crippen LogP contribution < -0.4 is 10.1 Å². The molecule has 2 amide bonds. The number of benzene rings is 1. The molecule has 0 spiro atoms. The molecule has 1 aromatic carbocycles. The molecule has 0 radical (unpaired) electrons. The van der Waals surface area contributed by atoms with E-state index >= 15 is 0 Å². The van der Waals surface area contributed by atoms with Crippen molar-refractivity contribution in [2.24, 2.45) is 0 Å². The van der Waals surface area contributed by atoms with Gasteiger partial charge in [0.25, 0.3) is 5.91 Å². The van der Waals surface area contributed by atoms with Gasteiger partial charge in [0, 0.05) is 32.2 Å². The van der Waals surface area contributed by atoms with Crippen molar-refractivity contribution >= 4 is 11.8 Å². The summed E-state index contributed by atoms with van der Waals surface area (Å²) in [5, 5.41) is 3.00. The Hall–Kier alpha value is -2.08. The van der Waals surface area contributed by atoms with Gasteiger partial charge < -0.3 is 15.0 Å². The Morgan fingerprint density at radius 1 is 1.16 bits per heavy atom. The summed E-state index contributed by atoms with van der Waals surface area (Å²) >= 11 is 0. The molecule has 0 atom stereocenters. The molecule has 1 aromatic rings. The van der Waals surface area contributed by atoms with Crippen molar-refractivity contribution in [2.45, 2.75) is 32.7 Å². The van der Waals surface area contributed by atoms with Crippen LogP contribution in [0, 0.1) is 13.8 Å². The second-order valence-corrected chi connectivity index (χ2v) is 7.06. The molecule has 3 rings (SSSR count). The monoisotopic (exact) mass is 345 g/mol. The second kappa shape index (κ2) is 7.87. The molecule has 2 aliphatic rings. The van der Waals surface area contributed by atoms with Crippen LogP contribution in [-0.4, -0.2) is 67.0 Å². The normalized spacial score (nSPS) is 18.1. The fourth-order valence-electron chi connectivity index (χ4n) is 2.95. The zero-order chi connectivity index (χ0) is 17.8. The summed E-state index contributed by atoms with van der Waals surface area (Å²) in [5.74, 6) is 0.868.